The van der Waals surface area contributed by atoms with Gasteiger partial charge in [0.1, 0.15) is 4.64 Å². The molecule has 0 spiro atoms. The maximum Gasteiger partial charge on any atom is 0.254 e. The molecule has 1 aliphatic heterocycles. The molecule has 0 aliphatic carbocycles. The van der Waals surface area contributed by atoms with E-state index in [2.05, 4.69) is 29.0 Å². The molecule has 0 bridgehead atoms. The van der Waals surface area contributed by atoms with Crippen molar-refractivity contribution < 1.29 is 9.53 Å². The molecule has 116 valence electrons. The normalized spacial score (nSPS) is 19.7. The number of ether oxygens (including phenoxy) is 1. The number of morpholine rings is 1. The largest absolute Gasteiger partial charge is 0.374 e. The van der Waals surface area contributed by atoms with Crippen molar-refractivity contribution in [1.29, 1.82) is 0 Å². The third-order valence-electron chi connectivity index (χ3n) is 3.40. The third-order valence-corrected chi connectivity index (χ3v) is 3.74. The molecule has 1 saturated heterocycles. The van der Waals surface area contributed by atoms with Crippen molar-refractivity contribution in [3.63, 3.8) is 0 Å². The van der Waals surface area contributed by atoms with E-state index in [9.17, 15) is 4.79 Å². The highest BCUT2D eigenvalue weighted by Crippen LogP contribution is 2.08. The highest BCUT2D eigenvalue weighted by atomic mass is 32.1. The molecule has 0 aromatic carbocycles. The Bertz CT molecular complexity index is 530. The molecule has 1 unspecified atom stereocenters. The summed E-state index contributed by atoms with van der Waals surface area (Å²) < 4.78 is 6.18. The average Bonchev–Trinajstić information content (AvgIpc) is 2.45. The van der Waals surface area contributed by atoms with Crippen LogP contribution in [0.25, 0.3) is 0 Å². The van der Waals surface area contributed by atoms with E-state index in [0.717, 1.165) is 26.2 Å². The van der Waals surface area contributed by atoms with Gasteiger partial charge in [0.15, 0.2) is 0 Å². The van der Waals surface area contributed by atoms with Crippen LogP contribution < -0.4 is 5.32 Å². The Labute approximate surface area is 130 Å². The number of hydrogen-bond acceptors (Lipinski definition) is 4. The van der Waals surface area contributed by atoms with E-state index in [1.54, 1.807) is 18.3 Å². The molecule has 5 nitrogen and oxygen atoms in total. The zero-order valence-corrected chi connectivity index (χ0v) is 13.4. The SMILES string of the molecule is CC(C)CN1CCOC(CNC(=O)c2ccc[nH]c2=S)C1. The predicted octanol–water partition coefficient (Wildman–Crippen LogP) is 1.83. The highest BCUT2D eigenvalue weighted by molar-refractivity contribution is 7.71. The smallest absolute Gasteiger partial charge is 0.254 e. The number of H-pyrrole nitrogens is 1. The van der Waals surface area contributed by atoms with E-state index in [1.807, 2.05) is 0 Å². The average molecular weight is 309 g/mol. The van der Waals surface area contributed by atoms with Gasteiger partial charge in [-0.1, -0.05) is 26.1 Å². The maximum absolute atomic E-state index is 12.1. The molecule has 6 heteroatoms. The minimum Gasteiger partial charge on any atom is -0.374 e. The first-order valence-corrected chi connectivity index (χ1v) is 7.77. The fraction of sp³-hybridized carbons (Fsp3) is 0.600. The van der Waals surface area contributed by atoms with Crippen molar-refractivity contribution in [2.45, 2.75) is 20.0 Å². The van der Waals surface area contributed by atoms with Crippen molar-refractivity contribution in [1.82, 2.24) is 15.2 Å². The molecule has 2 N–H and O–H groups in total. The van der Waals surface area contributed by atoms with Gasteiger partial charge in [0, 0.05) is 32.4 Å². The lowest BCUT2D eigenvalue weighted by atomic mass is 10.1. The van der Waals surface area contributed by atoms with E-state index in [-0.39, 0.29) is 12.0 Å². The summed E-state index contributed by atoms with van der Waals surface area (Å²) in [6.07, 6.45) is 1.76. The summed E-state index contributed by atoms with van der Waals surface area (Å²) in [4.78, 5) is 17.4. The third kappa shape index (κ3) is 4.91. The summed E-state index contributed by atoms with van der Waals surface area (Å²) >= 11 is 5.11. The number of amides is 1. The van der Waals surface area contributed by atoms with Gasteiger partial charge in [-0.25, -0.2) is 0 Å². The van der Waals surface area contributed by atoms with Crippen molar-refractivity contribution in [2.24, 2.45) is 5.92 Å². The van der Waals surface area contributed by atoms with E-state index >= 15 is 0 Å². The molecule has 2 heterocycles. The van der Waals surface area contributed by atoms with Crippen molar-refractivity contribution in [3.8, 4) is 0 Å². The van der Waals surface area contributed by atoms with Gasteiger partial charge in [0.25, 0.3) is 5.91 Å². The molecule has 2 rings (SSSR count). The number of nitrogens with one attached hydrogen (secondary N) is 2. The Kier molecular flexibility index (Phi) is 5.90. The Hall–Kier alpha value is -1.24. The zero-order chi connectivity index (χ0) is 15.2. The van der Waals surface area contributed by atoms with Gasteiger partial charge >= 0.3 is 0 Å². The highest BCUT2D eigenvalue weighted by Gasteiger charge is 2.21. The molecule has 1 amide bonds. The van der Waals surface area contributed by atoms with Gasteiger partial charge in [0.05, 0.1) is 18.3 Å². The molecular weight excluding hydrogens is 286 g/mol. The lowest BCUT2D eigenvalue weighted by Gasteiger charge is -2.33. The first-order valence-electron chi connectivity index (χ1n) is 7.36. The zero-order valence-electron chi connectivity index (χ0n) is 12.6. The summed E-state index contributed by atoms with van der Waals surface area (Å²) in [7, 11) is 0. The maximum atomic E-state index is 12.1. The number of carbonyl (C=O) groups is 1. The van der Waals surface area contributed by atoms with Crippen LogP contribution >= 0.6 is 12.2 Å². The van der Waals surface area contributed by atoms with Crippen LogP contribution in [0.5, 0.6) is 0 Å². The van der Waals surface area contributed by atoms with Gasteiger partial charge in [-0.3, -0.25) is 9.69 Å². The Balaban J connectivity index is 1.84. The topological polar surface area (TPSA) is 57.4 Å². The van der Waals surface area contributed by atoms with Crippen LogP contribution in [0.4, 0.5) is 0 Å². The number of rotatable bonds is 5. The Morgan fingerprint density at radius 2 is 2.43 bits per heavy atom. The summed E-state index contributed by atoms with van der Waals surface area (Å²) in [6, 6.07) is 3.49. The minimum atomic E-state index is -0.151. The monoisotopic (exact) mass is 309 g/mol. The van der Waals surface area contributed by atoms with Gasteiger partial charge in [-0.05, 0) is 18.1 Å². The van der Waals surface area contributed by atoms with Crippen LogP contribution in [-0.4, -0.2) is 54.7 Å². The predicted molar refractivity (Wildman–Crippen MR) is 85.0 cm³/mol. The van der Waals surface area contributed by atoms with Crippen molar-refractivity contribution in [2.75, 3.05) is 32.8 Å². The number of carbonyl (C=O) groups excluding carboxylic acids is 1. The first kappa shape index (κ1) is 16.1. The molecule has 1 aromatic heterocycles. The molecule has 1 aromatic rings. The number of pyridine rings is 1. The number of aromatic nitrogens is 1. The minimum absolute atomic E-state index is 0.0442. The van der Waals surface area contributed by atoms with Crippen molar-refractivity contribution in [3.05, 3.63) is 28.5 Å². The summed E-state index contributed by atoms with van der Waals surface area (Å²) in [6.45, 7) is 8.55. The Morgan fingerprint density at radius 1 is 1.62 bits per heavy atom. The fourth-order valence-electron chi connectivity index (χ4n) is 2.49. The summed E-state index contributed by atoms with van der Waals surface area (Å²) in [5.74, 6) is 0.488. The standard InChI is InChI=1S/C15H23N3O2S/c1-11(2)9-18-6-7-20-12(10-18)8-17-14(19)13-4-3-5-16-15(13)21/h3-5,11-12H,6-10H2,1-2H3,(H,16,21)(H,17,19). The van der Waals surface area contributed by atoms with E-state index in [0.29, 0.717) is 22.7 Å². The van der Waals surface area contributed by atoms with Gasteiger partial charge in [-0.15, -0.1) is 0 Å². The van der Waals surface area contributed by atoms with Gasteiger partial charge in [0.2, 0.25) is 0 Å². The van der Waals surface area contributed by atoms with Crippen molar-refractivity contribution >= 4 is 18.1 Å². The quantitative estimate of drug-likeness (QED) is 0.815. The van der Waals surface area contributed by atoms with Crippen LogP contribution in [0.1, 0.15) is 24.2 Å². The molecule has 1 aliphatic rings. The molecular formula is C15H23N3O2S. The van der Waals surface area contributed by atoms with E-state index in [4.69, 9.17) is 17.0 Å². The summed E-state index contributed by atoms with van der Waals surface area (Å²) in [5, 5.41) is 2.91. The van der Waals surface area contributed by atoms with Crippen LogP contribution in [0.15, 0.2) is 18.3 Å². The van der Waals surface area contributed by atoms with Gasteiger partial charge in [-0.2, -0.15) is 0 Å². The van der Waals surface area contributed by atoms with Crippen LogP contribution in [0, 0.1) is 10.6 Å². The number of hydrogen-bond donors (Lipinski definition) is 2. The molecule has 1 atom stereocenters. The second-order valence-electron chi connectivity index (χ2n) is 5.77. The van der Waals surface area contributed by atoms with Crippen LogP contribution in [0.2, 0.25) is 0 Å². The second-order valence-corrected chi connectivity index (χ2v) is 6.18. The molecule has 0 radical (unpaired) electrons. The fourth-order valence-corrected chi connectivity index (χ4v) is 2.72. The lowest BCUT2D eigenvalue weighted by molar-refractivity contribution is -0.0295. The van der Waals surface area contributed by atoms with E-state index < -0.39 is 0 Å². The van der Waals surface area contributed by atoms with Crippen LogP contribution in [-0.2, 0) is 4.74 Å². The number of aromatic amines is 1. The summed E-state index contributed by atoms with van der Waals surface area (Å²) in [5.41, 5.74) is 0.502. The second kappa shape index (κ2) is 7.68. The van der Waals surface area contributed by atoms with Crippen LogP contribution in [0.3, 0.4) is 0 Å². The molecule has 1 fully saturated rings. The first-order chi connectivity index (χ1) is 10.1. The number of nitrogens with zero attached hydrogens (tertiary/aromatic N) is 1. The van der Waals surface area contributed by atoms with E-state index in [1.165, 1.54) is 0 Å². The molecule has 21 heavy (non-hydrogen) atoms. The Morgan fingerprint density at radius 3 is 3.14 bits per heavy atom. The lowest BCUT2D eigenvalue weighted by Crippen LogP contribution is -2.48. The molecule has 0 saturated carbocycles. The van der Waals surface area contributed by atoms with Gasteiger partial charge < -0.3 is 15.0 Å².